The van der Waals surface area contributed by atoms with Crippen molar-refractivity contribution in [2.24, 2.45) is 0 Å². The van der Waals surface area contributed by atoms with Crippen molar-refractivity contribution in [1.29, 1.82) is 0 Å². The lowest BCUT2D eigenvalue weighted by Crippen LogP contribution is -1.99. The van der Waals surface area contributed by atoms with Crippen LogP contribution in [0.25, 0.3) is 0 Å². The van der Waals surface area contributed by atoms with Gasteiger partial charge < -0.3 is 4.74 Å². The van der Waals surface area contributed by atoms with Crippen LogP contribution in [0.15, 0.2) is 42.5 Å². The molecule has 0 bridgehead atoms. The monoisotopic (exact) mass is 355 g/mol. The topological polar surface area (TPSA) is 52.4 Å². The number of nitro groups is 1. The highest BCUT2D eigenvalue weighted by Gasteiger charge is 2.10. The van der Waals surface area contributed by atoms with Gasteiger partial charge in [-0.1, -0.05) is 45.7 Å². The number of hydrogen-bond acceptors (Lipinski definition) is 3. The standard InChI is InChI=1S/C14H11BrClNO3/c15-8-10-3-1-2-4-14(10)20-9-11-5-6-12(17(18)19)7-13(11)16/h1-7H,8-9H2. The van der Waals surface area contributed by atoms with E-state index in [2.05, 4.69) is 15.9 Å². The molecule has 0 fully saturated rings. The minimum absolute atomic E-state index is 0.0281. The molecule has 0 aliphatic rings. The normalized spacial score (nSPS) is 10.3. The Kier molecular flexibility index (Phi) is 4.98. The quantitative estimate of drug-likeness (QED) is 0.442. The van der Waals surface area contributed by atoms with E-state index in [9.17, 15) is 10.1 Å². The highest BCUT2D eigenvalue weighted by molar-refractivity contribution is 9.08. The van der Waals surface area contributed by atoms with Crippen molar-refractivity contribution in [3.63, 3.8) is 0 Å². The van der Waals surface area contributed by atoms with Crippen LogP contribution in [0.2, 0.25) is 5.02 Å². The van der Waals surface area contributed by atoms with Gasteiger partial charge in [-0.05, 0) is 12.1 Å². The van der Waals surface area contributed by atoms with Gasteiger partial charge in [-0.3, -0.25) is 10.1 Å². The molecule has 0 unspecified atom stereocenters. The summed E-state index contributed by atoms with van der Waals surface area (Å²) in [6.07, 6.45) is 0. The Morgan fingerprint density at radius 2 is 1.95 bits per heavy atom. The van der Waals surface area contributed by atoms with Crippen LogP contribution in [0.3, 0.4) is 0 Å². The van der Waals surface area contributed by atoms with E-state index in [0.29, 0.717) is 15.9 Å². The Morgan fingerprint density at radius 3 is 2.60 bits per heavy atom. The minimum Gasteiger partial charge on any atom is -0.489 e. The van der Waals surface area contributed by atoms with Gasteiger partial charge in [0.15, 0.2) is 0 Å². The summed E-state index contributed by atoms with van der Waals surface area (Å²) in [4.78, 5) is 10.2. The lowest BCUT2D eigenvalue weighted by atomic mass is 10.2. The first-order valence-corrected chi connectivity index (χ1v) is 7.31. The fourth-order valence-electron chi connectivity index (χ4n) is 1.68. The van der Waals surface area contributed by atoms with Crippen molar-refractivity contribution in [2.45, 2.75) is 11.9 Å². The minimum atomic E-state index is -0.476. The number of nitro benzene ring substituents is 1. The molecule has 20 heavy (non-hydrogen) atoms. The van der Waals surface area contributed by atoms with Gasteiger partial charge in [-0.15, -0.1) is 0 Å². The summed E-state index contributed by atoms with van der Waals surface area (Å²) in [6.45, 7) is 0.265. The number of benzene rings is 2. The molecule has 4 nitrogen and oxygen atoms in total. The predicted molar refractivity (Wildman–Crippen MR) is 81.5 cm³/mol. The molecular formula is C14H11BrClNO3. The predicted octanol–water partition coefficient (Wildman–Crippen LogP) is 4.72. The SMILES string of the molecule is O=[N+]([O-])c1ccc(COc2ccccc2CBr)c(Cl)c1. The van der Waals surface area contributed by atoms with Crippen LogP contribution < -0.4 is 4.74 Å². The molecule has 6 heteroatoms. The number of rotatable bonds is 5. The summed E-state index contributed by atoms with van der Waals surface area (Å²) in [7, 11) is 0. The Labute approximate surface area is 129 Å². The summed E-state index contributed by atoms with van der Waals surface area (Å²) in [5, 5.41) is 11.7. The zero-order valence-electron chi connectivity index (χ0n) is 10.4. The van der Waals surface area contributed by atoms with E-state index in [1.165, 1.54) is 12.1 Å². The third-order valence-corrected chi connectivity index (χ3v) is 3.70. The Hall–Kier alpha value is -1.59. The van der Waals surface area contributed by atoms with Gasteiger partial charge >= 0.3 is 0 Å². The summed E-state index contributed by atoms with van der Waals surface area (Å²) in [6, 6.07) is 12.0. The third-order valence-electron chi connectivity index (χ3n) is 2.75. The molecule has 2 aromatic rings. The van der Waals surface area contributed by atoms with Crippen LogP contribution in [0, 0.1) is 10.1 Å². The maximum atomic E-state index is 10.6. The van der Waals surface area contributed by atoms with Crippen LogP contribution in [0.4, 0.5) is 5.69 Å². The number of halogens is 2. The molecular weight excluding hydrogens is 346 g/mol. The lowest BCUT2D eigenvalue weighted by molar-refractivity contribution is -0.384. The van der Waals surface area contributed by atoms with E-state index in [1.54, 1.807) is 6.07 Å². The van der Waals surface area contributed by atoms with Gasteiger partial charge in [0, 0.05) is 28.6 Å². The maximum Gasteiger partial charge on any atom is 0.270 e. The zero-order chi connectivity index (χ0) is 14.5. The molecule has 0 saturated heterocycles. The van der Waals surface area contributed by atoms with Crippen molar-refractivity contribution in [1.82, 2.24) is 0 Å². The fraction of sp³-hybridized carbons (Fsp3) is 0.143. The molecule has 0 aliphatic heterocycles. The average Bonchev–Trinajstić information content (AvgIpc) is 2.46. The smallest absolute Gasteiger partial charge is 0.270 e. The van der Waals surface area contributed by atoms with Crippen molar-refractivity contribution in [2.75, 3.05) is 0 Å². The second kappa shape index (κ2) is 6.72. The number of ether oxygens (including phenoxy) is 1. The van der Waals surface area contributed by atoms with E-state index in [1.807, 2.05) is 24.3 Å². The highest BCUT2D eigenvalue weighted by Crippen LogP contribution is 2.26. The molecule has 2 rings (SSSR count). The first-order chi connectivity index (χ1) is 9.61. The van der Waals surface area contributed by atoms with Gasteiger partial charge in [-0.2, -0.15) is 0 Å². The number of para-hydroxylation sites is 1. The molecule has 2 aromatic carbocycles. The number of nitrogens with zero attached hydrogens (tertiary/aromatic N) is 1. The van der Waals surface area contributed by atoms with Crippen LogP contribution in [0.1, 0.15) is 11.1 Å². The average molecular weight is 357 g/mol. The van der Waals surface area contributed by atoms with Crippen LogP contribution in [-0.4, -0.2) is 4.92 Å². The van der Waals surface area contributed by atoms with Crippen molar-refractivity contribution in [3.05, 3.63) is 68.7 Å². The van der Waals surface area contributed by atoms with Crippen molar-refractivity contribution < 1.29 is 9.66 Å². The van der Waals surface area contributed by atoms with E-state index in [0.717, 1.165) is 11.3 Å². The zero-order valence-corrected chi connectivity index (χ0v) is 12.7. The van der Waals surface area contributed by atoms with Crippen LogP contribution in [-0.2, 0) is 11.9 Å². The van der Waals surface area contributed by atoms with Gasteiger partial charge in [0.25, 0.3) is 5.69 Å². The van der Waals surface area contributed by atoms with Gasteiger partial charge in [0.05, 0.1) is 9.95 Å². The molecule has 0 N–H and O–H groups in total. The molecule has 0 radical (unpaired) electrons. The number of hydrogen-bond donors (Lipinski definition) is 0. The fourth-order valence-corrected chi connectivity index (χ4v) is 2.37. The second-order valence-corrected chi connectivity index (χ2v) is 5.03. The van der Waals surface area contributed by atoms with Gasteiger partial charge in [0.1, 0.15) is 12.4 Å². The molecule has 0 atom stereocenters. The first-order valence-electron chi connectivity index (χ1n) is 5.81. The highest BCUT2D eigenvalue weighted by atomic mass is 79.9. The van der Waals surface area contributed by atoms with Crippen molar-refractivity contribution >= 4 is 33.2 Å². The first kappa shape index (κ1) is 14.8. The molecule has 104 valence electrons. The number of non-ortho nitro benzene ring substituents is 1. The van der Waals surface area contributed by atoms with Crippen LogP contribution in [0.5, 0.6) is 5.75 Å². The third kappa shape index (κ3) is 3.49. The summed E-state index contributed by atoms with van der Waals surface area (Å²) in [5.41, 5.74) is 1.71. The van der Waals surface area contributed by atoms with E-state index in [4.69, 9.17) is 16.3 Å². The largest absolute Gasteiger partial charge is 0.489 e. The summed E-state index contributed by atoms with van der Waals surface area (Å²) >= 11 is 9.41. The molecule has 0 amide bonds. The van der Waals surface area contributed by atoms with Gasteiger partial charge in [0.2, 0.25) is 0 Å². The molecule has 0 aromatic heterocycles. The molecule has 0 heterocycles. The number of alkyl halides is 1. The van der Waals surface area contributed by atoms with Gasteiger partial charge in [-0.25, -0.2) is 0 Å². The molecule has 0 saturated carbocycles. The maximum absolute atomic E-state index is 10.6. The Balaban J connectivity index is 2.13. The summed E-state index contributed by atoms with van der Waals surface area (Å²) in [5.74, 6) is 0.763. The second-order valence-electron chi connectivity index (χ2n) is 4.06. The van der Waals surface area contributed by atoms with E-state index >= 15 is 0 Å². The van der Waals surface area contributed by atoms with E-state index in [-0.39, 0.29) is 12.3 Å². The Morgan fingerprint density at radius 1 is 1.20 bits per heavy atom. The lowest BCUT2D eigenvalue weighted by Gasteiger charge is -2.10. The van der Waals surface area contributed by atoms with Crippen molar-refractivity contribution in [3.8, 4) is 5.75 Å². The summed E-state index contributed by atoms with van der Waals surface area (Å²) < 4.78 is 5.71. The van der Waals surface area contributed by atoms with Crippen LogP contribution >= 0.6 is 27.5 Å². The molecule has 0 spiro atoms. The Bertz CT molecular complexity index is 634. The molecule has 0 aliphatic carbocycles. The van der Waals surface area contributed by atoms with E-state index < -0.39 is 4.92 Å².